The first-order chi connectivity index (χ1) is 16.7. The minimum absolute atomic E-state index is 0.185. The molecule has 0 bridgehead atoms. The maximum Gasteiger partial charge on any atom is 0.325 e. The van der Waals surface area contributed by atoms with Crippen LogP contribution in [0, 0.1) is 13.8 Å². The Morgan fingerprint density at radius 2 is 1.66 bits per heavy atom. The van der Waals surface area contributed by atoms with Crippen LogP contribution in [0.3, 0.4) is 0 Å². The van der Waals surface area contributed by atoms with Crippen LogP contribution in [0.25, 0.3) is 11.8 Å². The number of hydrogen-bond acceptors (Lipinski definition) is 5. The number of benzene rings is 2. The number of carbonyl (C=O) groups is 2. The van der Waals surface area contributed by atoms with Crippen molar-refractivity contribution < 1.29 is 19.1 Å². The Bertz CT molecular complexity index is 1330. The van der Waals surface area contributed by atoms with E-state index in [1.165, 1.54) is 16.9 Å². The first kappa shape index (κ1) is 24.5. The Labute approximate surface area is 214 Å². The molecule has 0 radical (unpaired) electrons. The van der Waals surface area contributed by atoms with Gasteiger partial charge < -0.3 is 18.9 Å². The zero-order valence-electron chi connectivity index (χ0n) is 19.7. The monoisotopic (exact) mass is 509 g/mol. The molecule has 180 valence electrons. The summed E-state index contributed by atoms with van der Waals surface area (Å²) in [6.45, 7) is 3.77. The molecular formula is C26H24ClN3O4S. The number of anilines is 1. The number of rotatable bonds is 6. The molecule has 2 aromatic carbocycles. The van der Waals surface area contributed by atoms with Crippen molar-refractivity contribution in [2.45, 2.75) is 13.8 Å². The van der Waals surface area contributed by atoms with E-state index in [0.29, 0.717) is 16.5 Å². The van der Waals surface area contributed by atoms with Gasteiger partial charge in [0.1, 0.15) is 18.0 Å². The molecule has 35 heavy (non-hydrogen) atoms. The first-order valence-electron chi connectivity index (χ1n) is 10.8. The highest BCUT2D eigenvalue weighted by Gasteiger charge is 2.40. The number of esters is 1. The topological polar surface area (TPSA) is 64.0 Å². The Balaban J connectivity index is 1.78. The van der Waals surface area contributed by atoms with Crippen LogP contribution >= 0.6 is 23.8 Å². The fourth-order valence-corrected chi connectivity index (χ4v) is 4.53. The lowest BCUT2D eigenvalue weighted by atomic mass is 10.2. The summed E-state index contributed by atoms with van der Waals surface area (Å²) in [7, 11) is 2.87. The second-order valence-electron chi connectivity index (χ2n) is 7.95. The predicted octanol–water partition coefficient (Wildman–Crippen LogP) is 4.90. The molecule has 1 aliphatic rings. The highest BCUT2D eigenvalue weighted by atomic mass is 35.5. The number of aryl methyl sites for hydroxylation is 1. The number of ether oxygens (including phenoxy) is 2. The minimum atomic E-state index is -0.505. The molecule has 7 nitrogen and oxygen atoms in total. The van der Waals surface area contributed by atoms with Gasteiger partial charge in [0.05, 0.1) is 19.9 Å². The molecule has 0 aliphatic carbocycles. The fraction of sp³-hybridized carbons (Fsp3) is 0.192. The summed E-state index contributed by atoms with van der Waals surface area (Å²) in [5, 5.41) is 0.851. The molecule has 3 aromatic rings. The van der Waals surface area contributed by atoms with E-state index in [1.54, 1.807) is 37.5 Å². The number of hydrogen-bond donors (Lipinski definition) is 0. The molecule has 0 N–H and O–H groups in total. The molecule has 1 aromatic heterocycles. The van der Waals surface area contributed by atoms with Crippen LogP contribution in [0.15, 0.2) is 60.3 Å². The van der Waals surface area contributed by atoms with Gasteiger partial charge in [0.2, 0.25) is 0 Å². The van der Waals surface area contributed by atoms with Gasteiger partial charge in [-0.15, -0.1) is 0 Å². The van der Waals surface area contributed by atoms with E-state index in [2.05, 4.69) is 4.57 Å². The van der Waals surface area contributed by atoms with E-state index in [0.717, 1.165) is 22.6 Å². The third-order valence-electron chi connectivity index (χ3n) is 5.83. The smallest absolute Gasteiger partial charge is 0.325 e. The molecule has 1 amide bonds. The van der Waals surface area contributed by atoms with E-state index in [9.17, 15) is 9.59 Å². The summed E-state index contributed by atoms with van der Waals surface area (Å²) in [4.78, 5) is 28.7. The van der Waals surface area contributed by atoms with Crippen molar-refractivity contribution in [2.24, 2.45) is 0 Å². The van der Waals surface area contributed by atoms with Crippen LogP contribution in [0.5, 0.6) is 5.75 Å². The Morgan fingerprint density at radius 1 is 1.03 bits per heavy atom. The molecule has 0 saturated carbocycles. The normalized spacial score (nSPS) is 14.7. The van der Waals surface area contributed by atoms with Crippen LogP contribution in [0.4, 0.5) is 5.69 Å². The number of halogens is 1. The summed E-state index contributed by atoms with van der Waals surface area (Å²) in [6.07, 6.45) is 1.76. The van der Waals surface area contributed by atoms with Crippen molar-refractivity contribution in [1.29, 1.82) is 0 Å². The van der Waals surface area contributed by atoms with Gasteiger partial charge in [-0.05, 0) is 92.3 Å². The van der Waals surface area contributed by atoms with Gasteiger partial charge in [-0.2, -0.15) is 0 Å². The molecule has 1 aliphatic heterocycles. The number of methoxy groups -OCH3 is 2. The Kier molecular flexibility index (Phi) is 6.95. The second-order valence-corrected chi connectivity index (χ2v) is 8.75. The minimum Gasteiger partial charge on any atom is -0.497 e. The quantitative estimate of drug-likeness (QED) is 0.267. The number of carbonyl (C=O) groups excluding carboxylic acids is 2. The Morgan fingerprint density at radius 3 is 2.26 bits per heavy atom. The molecule has 0 unspecified atom stereocenters. The molecule has 2 heterocycles. The van der Waals surface area contributed by atoms with Crippen LogP contribution < -0.4 is 9.64 Å². The number of amides is 1. The lowest BCUT2D eigenvalue weighted by Gasteiger charge is -2.19. The lowest BCUT2D eigenvalue weighted by Crippen LogP contribution is -2.35. The summed E-state index contributed by atoms with van der Waals surface area (Å²) in [5.41, 5.74) is 4.55. The van der Waals surface area contributed by atoms with Crippen LogP contribution in [0.2, 0.25) is 5.02 Å². The van der Waals surface area contributed by atoms with Crippen molar-refractivity contribution in [1.82, 2.24) is 9.47 Å². The van der Waals surface area contributed by atoms with Crippen molar-refractivity contribution in [2.75, 3.05) is 25.7 Å². The third kappa shape index (κ3) is 4.67. The lowest BCUT2D eigenvalue weighted by molar-refractivity contribution is -0.140. The fourth-order valence-electron chi connectivity index (χ4n) is 4.05. The van der Waals surface area contributed by atoms with E-state index in [-0.39, 0.29) is 23.3 Å². The number of aromatic nitrogens is 1. The molecule has 9 heteroatoms. The molecular weight excluding hydrogens is 486 g/mol. The molecule has 4 rings (SSSR count). The summed E-state index contributed by atoms with van der Waals surface area (Å²) < 4.78 is 12.1. The van der Waals surface area contributed by atoms with Gasteiger partial charge in [0.15, 0.2) is 5.11 Å². The standard InChI is InChI=1S/C26H24ClN3O4S/c1-16-13-18(17(2)29(16)20-7-5-19(27)6-8-20)14-23-25(32)30(21-9-11-22(33-3)12-10-21)26(35)28(23)15-24(31)34-4/h5-14H,15H2,1-4H3/b23-14-. The highest BCUT2D eigenvalue weighted by Crippen LogP contribution is 2.32. The van der Waals surface area contributed by atoms with E-state index >= 15 is 0 Å². The van der Waals surface area contributed by atoms with Crippen molar-refractivity contribution in [3.8, 4) is 11.4 Å². The molecule has 1 saturated heterocycles. The highest BCUT2D eigenvalue weighted by molar-refractivity contribution is 7.80. The number of nitrogens with zero attached hydrogens (tertiary/aromatic N) is 3. The molecule has 1 fully saturated rings. The first-order valence-corrected chi connectivity index (χ1v) is 11.6. The zero-order chi connectivity index (χ0) is 25.3. The molecule has 0 atom stereocenters. The summed E-state index contributed by atoms with van der Waals surface area (Å²) in [6, 6.07) is 16.5. The van der Waals surface area contributed by atoms with Gasteiger partial charge in [-0.25, -0.2) is 0 Å². The summed E-state index contributed by atoms with van der Waals surface area (Å²) >= 11 is 11.7. The molecule has 0 spiro atoms. The number of thiocarbonyl (C=S) groups is 1. The predicted molar refractivity (Wildman–Crippen MR) is 140 cm³/mol. The van der Waals surface area contributed by atoms with Crippen LogP contribution in [0.1, 0.15) is 17.0 Å². The largest absolute Gasteiger partial charge is 0.497 e. The third-order valence-corrected chi connectivity index (χ3v) is 6.48. The van der Waals surface area contributed by atoms with E-state index in [4.69, 9.17) is 33.3 Å². The average molecular weight is 510 g/mol. The van der Waals surface area contributed by atoms with Gasteiger partial charge in [0, 0.05) is 22.1 Å². The summed E-state index contributed by atoms with van der Waals surface area (Å²) in [5.74, 6) is -0.183. The van der Waals surface area contributed by atoms with Gasteiger partial charge in [-0.1, -0.05) is 11.6 Å². The van der Waals surface area contributed by atoms with E-state index < -0.39 is 5.97 Å². The maximum atomic E-state index is 13.6. The van der Waals surface area contributed by atoms with Gasteiger partial charge in [-0.3, -0.25) is 14.5 Å². The van der Waals surface area contributed by atoms with Gasteiger partial charge in [0.25, 0.3) is 5.91 Å². The second kappa shape index (κ2) is 9.93. The zero-order valence-corrected chi connectivity index (χ0v) is 21.3. The maximum absolute atomic E-state index is 13.6. The van der Waals surface area contributed by atoms with Crippen LogP contribution in [-0.4, -0.2) is 47.2 Å². The van der Waals surface area contributed by atoms with Crippen molar-refractivity contribution in [3.63, 3.8) is 0 Å². The average Bonchev–Trinajstić information content (AvgIpc) is 3.26. The van der Waals surface area contributed by atoms with E-state index in [1.807, 2.05) is 44.2 Å². The SMILES string of the molecule is COC(=O)CN1C(=S)N(c2ccc(OC)cc2)C(=O)/C1=C/c1cc(C)n(-c2ccc(Cl)cc2)c1C. The van der Waals surface area contributed by atoms with Gasteiger partial charge >= 0.3 is 5.97 Å². The van der Waals surface area contributed by atoms with Crippen molar-refractivity contribution >= 4 is 52.6 Å². The van der Waals surface area contributed by atoms with Crippen LogP contribution in [-0.2, 0) is 14.3 Å². The van der Waals surface area contributed by atoms with Crippen molar-refractivity contribution in [3.05, 3.63) is 82.3 Å². The Hall–Kier alpha value is -3.62.